The second kappa shape index (κ2) is 17.8. The lowest BCUT2D eigenvalue weighted by Gasteiger charge is -2.14. The summed E-state index contributed by atoms with van der Waals surface area (Å²) in [6, 6.07) is 11.3. The summed E-state index contributed by atoms with van der Waals surface area (Å²) in [5.74, 6) is -2.89. The standard InChI is InChI=1S/C35H37NO12/c1-7-42-32(38)22-11-23(33(39)43-8-2)14-28(13-22)46-19-26-17-30(48-31(37)21(5)6)18-27(36-26)20-47-29-15-24(34(40)44-9-3)12-25(16-29)35(41)45-10-4/h11-18H,5,7-10,19-20H2,1-4,6H3. The summed E-state index contributed by atoms with van der Waals surface area (Å²) in [6.45, 7) is 11.8. The van der Waals surface area contributed by atoms with Gasteiger partial charge in [-0.1, -0.05) is 6.58 Å². The van der Waals surface area contributed by atoms with Crippen molar-refractivity contribution in [1.82, 2.24) is 4.98 Å². The molecule has 0 atom stereocenters. The van der Waals surface area contributed by atoms with Gasteiger partial charge in [-0.25, -0.2) is 24.0 Å². The Labute approximate surface area is 277 Å². The van der Waals surface area contributed by atoms with E-state index in [4.69, 9.17) is 33.2 Å². The molecular weight excluding hydrogens is 626 g/mol. The van der Waals surface area contributed by atoms with Crippen LogP contribution in [0, 0.1) is 0 Å². The topological polar surface area (TPSA) is 163 Å². The molecule has 0 radical (unpaired) electrons. The van der Waals surface area contributed by atoms with E-state index in [1.807, 2.05) is 0 Å². The van der Waals surface area contributed by atoms with Gasteiger partial charge in [-0.15, -0.1) is 0 Å². The van der Waals surface area contributed by atoms with E-state index in [-0.39, 0.29) is 96.1 Å². The Bertz CT molecular complexity index is 1500. The van der Waals surface area contributed by atoms with Gasteiger partial charge in [0.2, 0.25) is 0 Å². The highest BCUT2D eigenvalue weighted by Crippen LogP contribution is 2.24. The van der Waals surface area contributed by atoms with E-state index in [2.05, 4.69) is 11.6 Å². The number of hydrogen-bond donors (Lipinski definition) is 0. The molecule has 1 heterocycles. The van der Waals surface area contributed by atoms with Gasteiger partial charge in [0.1, 0.15) is 30.5 Å². The van der Waals surface area contributed by atoms with Crippen molar-refractivity contribution in [3.8, 4) is 17.2 Å². The van der Waals surface area contributed by atoms with E-state index in [1.165, 1.54) is 55.5 Å². The van der Waals surface area contributed by atoms with E-state index in [0.29, 0.717) is 0 Å². The van der Waals surface area contributed by atoms with Crippen LogP contribution in [0.5, 0.6) is 17.2 Å². The van der Waals surface area contributed by atoms with Crippen LogP contribution >= 0.6 is 0 Å². The van der Waals surface area contributed by atoms with Gasteiger partial charge in [0, 0.05) is 17.7 Å². The predicted octanol–water partition coefficient (Wildman–Crippen LogP) is 5.43. The number of aromatic nitrogens is 1. The lowest BCUT2D eigenvalue weighted by Crippen LogP contribution is -2.12. The molecule has 13 heteroatoms. The molecule has 0 aliphatic rings. The Morgan fingerprint density at radius 2 is 0.875 bits per heavy atom. The average Bonchev–Trinajstić information content (AvgIpc) is 3.06. The Morgan fingerprint density at radius 3 is 1.17 bits per heavy atom. The third kappa shape index (κ3) is 10.7. The number of pyridine rings is 1. The quantitative estimate of drug-likeness (QED) is 0.108. The fourth-order valence-electron chi connectivity index (χ4n) is 4.03. The van der Waals surface area contributed by atoms with Crippen molar-refractivity contribution in [3.05, 3.63) is 94.3 Å². The van der Waals surface area contributed by atoms with Crippen LogP contribution in [0.25, 0.3) is 0 Å². The minimum absolute atomic E-state index is 0.0795. The van der Waals surface area contributed by atoms with Gasteiger partial charge in [-0.3, -0.25) is 4.98 Å². The van der Waals surface area contributed by atoms with Gasteiger partial charge >= 0.3 is 29.8 Å². The van der Waals surface area contributed by atoms with Crippen LogP contribution in [0.4, 0.5) is 0 Å². The molecule has 0 bridgehead atoms. The summed E-state index contributed by atoms with van der Waals surface area (Å²) in [4.78, 5) is 66.7. The predicted molar refractivity (Wildman–Crippen MR) is 170 cm³/mol. The lowest BCUT2D eigenvalue weighted by atomic mass is 10.1. The van der Waals surface area contributed by atoms with Crippen LogP contribution in [-0.2, 0) is 37.0 Å². The molecule has 48 heavy (non-hydrogen) atoms. The number of nitrogens with zero attached hydrogens (tertiary/aromatic N) is 1. The summed E-state index contributed by atoms with van der Waals surface area (Å²) in [5.41, 5.74) is 1.05. The van der Waals surface area contributed by atoms with E-state index < -0.39 is 29.8 Å². The van der Waals surface area contributed by atoms with Crippen LogP contribution < -0.4 is 14.2 Å². The number of carbonyl (C=O) groups excluding carboxylic acids is 5. The zero-order chi connectivity index (χ0) is 35.2. The molecule has 3 rings (SSSR count). The molecule has 0 unspecified atom stereocenters. The molecule has 254 valence electrons. The number of benzene rings is 2. The fourth-order valence-corrected chi connectivity index (χ4v) is 4.03. The zero-order valence-electron chi connectivity index (χ0n) is 27.4. The first-order chi connectivity index (χ1) is 23.0. The van der Waals surface area contributed by atoms with Crippen LogP contribution in [0.3, 0.4) is 0 Å². The van der Waals surface area contributed by atoms with E-state index in [1.54, 1.807) is 27.7 Å². The molecule has 0 amide bonds. The lowest BCUT2D eigenvalue weighted by molar-refractivity contribution is -0.130. The van der Waals surface area contributed by atoms with Crippen LogP contribution in [-0.4, -0.2) is 61.3 Å². The monoisotopic (exact) mass is 663 g/mol. The van der Waals surface area contributed by atoms with E-state index in [9.17, 15) is 24.0 Å². The molecule has 3 aromatic rings. The van der Waals surface area contributed by atoms with Gasteiger partial charge in [0.05, 0.1) is 60.1 Å². The molecule has 0 spiro atoms. The molecule has 0 aliphatic heterocycles. The first kappa shape index (κ1) is 36.7. The number of esters is 5. The van der Waals surface area contributed by atoms with Crippen molar-refractivity contribution >= 4 is 29.8 Å². The van der Waals surface area contributed by atoms with Crippen LogP contribution in [0.1, 0.15) is 87.4 Å². The number of ether oxygens (including phenoxy) is 7. The summed E-state index contributed by atoms with van der Waals surface area (Å²) in [6.07, 6.45) is 0. The van der Waals surface area contributed by atoms with Crippen molar-refractivity contribution in [2.45, 2.75) is 47.8 Å². The van der Waals surface area contributed by atoms with Crippen LogP contribution in [0.15, 0.2) is 60.7 Å². The first-order valence-corrected chi connectivity index (χ1v) is 15.1. The largest absolute Gasteiger partial charge is 0.487 e. The highest BCUT2D eigenvalue weighted by molar-refractivity contribution is 5.97. The van der Waals surface area contributed by atoms with Crippen molar-refractivity contribution in [3.63, 3.8) is 0 Å². The maximum absolute atomic E-state index is 12.5. The number of carbonyl (C=O) groups is 5. The van der Waals surface area contributed by atoms with Gasteiger partial charge in [0.15, 0.2) is 0 Å². The smallest absolute Gasteiger partial charge is 0.338 e. The summed E-state index contributed by atoms with van der Waals surface area (Å²) >= 11 is 0. The molecule has 2 aromatic carbocycles. The summed E-state index contributed by atoms with van der Waals surface area (Å²) in [5, 5.41) is 0. The fraction of sp³-hybridized carbons (Fsp3) is 0.314. The van der Waals surface area contributed by atoms with Gasteiger partial charge < -0.3 is 33.2 Å². The van der Waals surface area contributed by atoms with Gasteiger partial charge in [-0.05, 0) is 71.0 Å². The van der Waals surface area contributed by atoms with E-state index >= 15 is 0 Å². The van der Waals surface area contributed by atoms with Crippen molar-refractivity contribution in [2.24, 2.45) is 0 Å². The summed E-state index contributed by atoms with van der Waals surface area (Å²) < 4.78 is 37.6. The first-order valence-electron chi connectivity index (χ1n) is 15.1. The summed E-state index contributed by atoms with van der Waals surface area (Å²) in [7, 11) is 0. The molecule has 1 aromatic heterocycles. The normalized spacial score (nSPS) is 10.4. The molecule has 13 nitrogen and oxygen atoms in total. The third-order valence-corrected chi connectivity index (χ3v) is 6.09. The second-order valence-corrected chi connectivity index (χ2v) is 9.91. The molecular formula is C35H37NO12. The number of hydrogen-bond acceptors (Lipinski definition) is 13. The van der Waals surface area contributed by atoms with Gasteiger partial charge in [-0.2, -0.15) is 0 Å². The minimum Gasteiger partial charge on any atom is -0.487 e. The highest BCUT2D eigenvalue weighted by Gasteiger charge is 2.18. The SMILES string of the molecule is C=C(C)C(=O)Oc1cc(COc2cc(C(=O)OCC)cc(C(=O)OCC)c2)nc(COc2cc(C(=O)OCC)cc(C(=O)OCC)c2)c1. The van der Waals surface area contributed by atoms with E-state index in [0.717, 1.165) is 0 Å². The van der Waals surface area contributed by atoms with Crippen LogP contribution in [0.2, 0.25) is 0 Å². The van der Waals surface area contributed by atoms with Crippen molar-refractivity contribution in [2.75, 3.05) is 26.4 Å². The molecule has 0 saturated heterocycles. The second-order valence-electron chi connectivity index (χ2n) is 9.91. The van der Waals surface area contributed by atoms with Crippen molar-refractivity contribution in [1.29, 1.82) is 0 Å². The maximum atomic E-state index is 12.5. The zero-order valence-corrected chi connectivity index (χ0v) is 27.4. The Kier molecular flexibility index (Phi) is 13.7. The minimum atomic E-state index is -0.678. The maximum Gasteiger partial charge on any atom is 0.338 e. The Balaban J connectivity index is 1.94. The highest BCUT2D eigenvalue weighted by atomic mass is 16.5. The Hall–Kier alpha value is -5.72. The number of rotatable bonds is 16. The Morgan fingerprint density at radius 1 is 0.542 bits per heavy atom. The third-order valence-electron chi connectivity index (χ3n) is 6.09. The molecule has 0 fully saturated rings. The van der Waals surface area contributed by atoms with Gasteiger partial charge in [0.25, 0.3) is 0 Å². The molecule has 0 aliphatic carbocycles. The average molecular weight is 664 g/mol. The molecule has 0 N–H and O–H groups in total. The van der Waals surface area contributed by atoms with Crippen molar-refractivity contribution < 1.29 is 57.1 Å². The molecule has 0 saturated carbocycles.